The third-order valence-corrected chi connectivity index (χ3v) is 7.25. The number of nitrogens with zero attached hydrogens (tertiary/aromatic N) is 6. The van der Waals surface area contributed by atoms with E-state index in [0.29, 0.717) is 29.4 Å². The van der Waals surface area contributed by atoms with Gasteiger partial charge in [-0.25, -0.2) is 0 Å². The number of nitro groups is 1. The SMILES string of the molecule is C[C@]1([I-]Oc2cccc(-n3cc(COc4ccc(OC(F)(F)F)cc4)nn3)c2)Cn2cc([N+](=O)[O-])nc2O1. The maximum atomic E-state index is 12.3. The second-order valence-electron chi connectivity index (χ2n) is 8.08. The summed E-state index contributed by atoms with van der Waals surface area (Å²) in [5, 5.41) is 19.0. The topological polar surface area (TPSA) is 129 Å². The van der Waals surface area contributed by atoms with Gasteiger partial charge >= 0.3 is 199 Å². The summed E-state index contributed by atoms with van der Waals surface area (Å²) in [6, 6.07) is 12.4. The van der Waals surface area contributed by atoms with E-state index >= 15 is 0 Å². The Morgan fingerprint density at radius 2 is 1.92 bits per heavy atom. The summed E-state index contributed by atoms with van der Waals surface area (Å²) in [6.45, 7) is 2.30. The molecule has 200 valence electrons. The van der Waals surface area contributed by atoms with Gasteiger partial charge in [-0.15, -0.1) is 13.2 Å². The summed E-state index contributed by atoms with van der Waals surface area (Å²) in [5.74, 6) is 0.321. The first-order valence-electron chi connectivity index (χ1n) is 10.8. The Balaban J connectivity index is 1.16. The number of alkyl halides is 4. The predicted octanol–water partition coefficient (Wildman–Crippen LogP) is 1.04. The summed E-state index contributed by atoms with van der Waals surface area (Å²) in [6.07, 6.45) is -1.76. The molecule has 0 saturated heterocycles. The van der Waals surface area contributed by atoms with Gasteiger partial charge in [-0.3, -0.25) is 0 Å². The van der Waals surface area contributed by atoms with Crippen LogP contribution in [0.25, 0.3) is 5.69 Å². The molecule has 0 N–H and O–H groups in total. The summed E-state index contributed by atoms with van der Waals surface area (Å²) < 4.78 is 60.6. The van der Waals surface area contributed by atoms with Gasteiger partial charge < -0.3 is 4.74 Å². The molecule has 0 unspecified atom stereocenters. The molecule has 0 saturated carbocycles. The molecule has 0 amide bonds. The van der Waals surface area contributed by atoms with Crippen molar-refractivity contribution in [1.29, 1.82) is 0 Å². The van der Waals surface area contributed by atoms with Crippen molar-refractivity contribution in [2.24, 2.45) is 0 Å². The quantitative estimate of drug-likeness (QED) is 0.114. The molecule has 4 aromatic rings. The Hall–Kier alpha value is -4.09. The van der Waals surface area contributed by atoms with E-state index in [9.17, 15) is 23.3 Å². The van der Waals surface area contributed by atoms with E-state index in [1.807, 2.05) is 13.0 Å². The second kappa shape index (κ2) is 9.99. The zero-order valence-corrected chi connectivity index (χ0v) is 21.5. The van der Waals surface area contributed by atoms with Crippen LogP contribution in [0.4, 0.5) is 19.0 Å². The van der Waals surface area contributed by atoms with Gasteiger partial charge in [0.05, 0.1) is 0 Å². The summed E-state index contributed by atoms with van der Waals surface area (Å²) in [4.78, 5) is 14.2. The molecule has 0 fully saturated rings. The van der Waals surface area contributed by atoms with Gasteiger partial charge in [-0.05, 0) is 0 Å². The van der Waals surface area contributed by atoms with Gasteiger partial charge in [0.25, 0.3) is 0 Å². The van der Waals surface area contributed by atoms with Crippen LogP contribution in [0.2, 0.25) is 0 Å². The van der Waals surface area contributed by atoms with Crippen molar-refractivity contribution < 1.29 is 57.0 Å². The molecule has 1 aliphatic heterocycles. The fraction of sp³-hybridized carbons (Fsp3) is 0.227. The number of benzene rings is 2. The van der Waals surface area contributed by atoms with Crippen molar-refractivity contribution >= 4 is 5.82 Å². The summed E-state index contributed by atoms with van der Waals surface area (Å²) in [7, 11) is 0. The van der Waals surface area contributed by atoms with Crippen LogP contribution in [0.3, 0.4) is 0 Å². The van der Waals surface area contributed by atoms with Gasteiger partial charge in [-0.1, -0.05) is 0 Å². The van der Waals surface area contributed by atoms with Gasteiger partial charge in [0.2, 0.25) is 0 Å². The number of aromatic nitrogens is 5. The molecule has 3 heterocycles. The molecule has 0 bridgehead atoms. The van der Waals surface area contributed by atoms with Crippen molar-refractivity contribution in [2.75, 3.05) is 0 Å². The number of halogens is 4. The molecule has 2 aromatic heterocycles. The molecular formula is C22H17F3IN6O6-. The van der Waals surface area contributed by atoms with Crippen LogP contribution in [0.1, 0.15) is 12.6 Å². The van der Waals surface area contributed by atoms with E-state index in [1.54, 1.807) is 29.0 Å². The van der Waals surface area contributed by atoms with Crippen LogP contribution in [0.15, 0.2) is 60.9 Å². The second-order valence-corrected chi connectivity index (χ2v) is 11.2. The maximum absolute atomic E-state index is 12.3. The molecule has 0 radical (unpaired) electrons. The first kappa shape index (κ1) is 25.6. The zero-order chi connectivity index (χ0) is 26.9. The molecular weight excluding hydrogens is 628 g/mol. The van der Waals surface area contributed by atoms with Crippen LogP contribution >= 0.6 is 0 Å². The van der Waals surface area contributed by atoms with Crippen LogP contribution in [-0.4, -0.2) is 39.4 Å². The Labute approximate surface area is 222 Å². The van der Waals surface area contributed by atoms with Crippen molar-refractivity contribution in [3.8, 4) is 28.9 Å². The first-order valence-corrected chi connectivity index (χ1v) is 12.7. The van der Waals surface area contributed by atoms with Gasteiger partial charge in [0.1, 0.15) is 5.75 Å². The van der Waals surface area contributed by atoms with E-state index in [-0.39, 0.29) is 24.2 Å². The number of fused-ring (bicyclic) bond motifs is 1. The Morgan fingerprint density at radius 3 is 2.63 bits per heavy atom. The van der Waals surface area contributed by atoms with Crippen molar-refractivity contribution in [1.82, 2.24) is 24.5 Å². The third-order valence-electron chi connectivity index (χ3n) is 5.03. The number of rotatable bonds is 9. The van der Waals surface area contributed by atoms with Crippen LogP contribution in [0, 0.1) is 10.1 Å². The Kier molecular flexibility index (Phi) is 6.72. The van der Waals surface area contributed by atoms with Crippen molar-refractivity contribution in [3.63, 3.8) is 0 Å². The van der Waals surface area contributed by atoms with Gasteiger partial charge in [0.15, 0.2) is 0 Å². The zero-order valence-electron chi connectivity index (χ0n) is 19.3. The molecule has 16 heteroatoms. The van der Waals surface area contributed by atoms with Crippen molar-refractivity contribution in [2.45, 2.75) is 30.0 Å². The van der Waals surface area contributed by atoms with Crippen LogP contribution in [0.5, 0.6) is 23.3 Å². The minimum atomic E-state index is -4.76. The van der Waals surface area contributed by atoms with Crippen LogP contribution in [-0.2, 0) is 13.2 Å². The number of ether oxygens (including phenoxy) is 3. The Bertz CT molecular complexity index is 1440. The molecule has 12 nitrogen and oxygen atoms in total. The molecule has 1 atom stereocenters. The number of imidazole rings is 1. The first-order chi connectivity index (χ1) is 18.1. The third kappa shape index (κ3) is 6.06. The van der Waals surface area contributed by atoms with E-state index in [1.165, 1.54) is 23.0 Å². The summed E-state index contributed by atoms with van der Waals surface area (Å²) in [5.41, 5.74) is 1.18. The molecule has 1 aliphatic rings. The van der Waals surface area contributed by atoms with Crippen molar-refractivity contribution in [3.05, 3.63) is 76.7 Å². The monoisotopic (exact) mass is 645 g/mol. The van der Waals surface area contributed by atoms with Gasteiger partial charge in [0, 0.05) is 0 Å². The number of hydrogen-bond donors (Lipinski definition) is 0. The standard InChI is InChI=1S/C22H17F3IN6O6/c1-21(13-30-11-19(32(33)34)27-20(30)37-21)26-38-18-4-2-3-15(9-18)31-10-14(28-29-31)12-35-16-5-7-17(8-6-16)36-22(23,24)25/h2-11H,12-13H2,1H3/q-1/t21-/m1/s1. The minimum absolute atomic E-state index is 0.0455. The van der Waals surface area contributed by atoms with Gasteiger partial charge in [-0.2, -0.15) is 0 Å². The average Bonchev–Trinajstić information content (AvgIpc) is 3.56. The number of hydrogen-bond acceptors (Lipinski definition) is 9. The normalized spacial score (nSPS) is 16.6. The summed E-state index contributed by atoms with van der Waals surface area (Å²) >= 11 is -0.999. The predicted molar refractivity (Wildman–Crippen MR) is 117 cm³/mol. The molecule has 0 spiro atoms. The molecule has 2 aromatic carbocycles. The fourth-order valence-electron chi connectivity index (χ4n) is 3.42. The molecule has 5 rings (SSSR count). The van der Waals surface area contributed by atoms with Crippen LogP contribution < -0.4 is 38.9 Å². The van der Waals surface area contributed by atoms with E-state index < -0.39 is 36.5 Å². The molecule has 0 aliphatic carbocycles. The average molecular weight is 645 g/mol. The fourth-order valence-corrected chi connectivity index (χ4v) is 5.21. The van der Waals surface area contributed by atoms with E-state index in [2.05, 4.69) is 20.0 Å². The van der Waals surface area contributed by atoms with E-state index in [4.69, 9.17) is 12.5 Å². The molecule has 38 heavy (non-hydrogen) atoms. The Morgan fingerprint density at radius 1 is 1.16 bits per heavy atom. The van der Waals surface area contributed by atoms with E-state index in [0.717, 1.165) is 12.1 Å².